The molecule has 5 rings (SSSR count). The largest absolute Gasteiger partial charge is 0.497 e. The van der Waals surface area contributed by atoms with Gasteiger partial charge in [0.25, 0.3) is 0 Å². The molecule has 4 aromatic heterocycles. The summed E-state index contributed by atoms with van der Waals surface area (Å²) in [5, 5.41) is 11.2. The van der Waals surface area contributed by atoms with Crippen molar-refractivity contribution in [1.29, 1.82) is 0 Å². The van der Waals surface area contributed by atoms with E-state index in [-0.39, 0.29) is 0 Å². The second kappa shape index (κ2) is 10.6. The number of halogens is 1. The van der Waals surface area contributed by atoms with Crippen molar-refractivity contribution in [3.8, 4) is 28.0 Å². The zero-order valence-electron chi connectivity index (χ0n) is 17.0. The van der Waals surface area contributed by atoms with Gasteiger partial charge in [0.2, 0.25) is 5.95 Å². The molecular weight excluding hydrogens is 445 g/mol. The predicted molar refractivity (Wildman–Crippen MR) is 127 cm³/mol. The number of nitrogens with one attached hydrogen (secondary N) is 1. The molecule has 5 aromatic rings. The van der Waals surface area contributed by atoms with E-state index >= 15 is 0 Å². The number of aromatic nitrogens is 4. The van der Waals surface area contributed by atoms with E-state index in [0.29, 0.717) is 5.95 Å². The number of hydrogen-bond donors (Lipinski definition) is 1. The highest BCUT2D eigenvalue weighted by Gasteiger charge is 2.02. The molecule has 0 aliphatic heterocycles. The van der Waals surface area contributed by atoms with Crippen molar-refractivity contribution >= 4 is 34.3 Å². The van der Waals surface area contributed by atoms with E-state index in [0.717, 1.165) is 33.7 Å². The van der Waals surface area contributed by atoms with Crippen LogP contribution in [0.15, 0.2) is 82.7 Å². The third-order valence-electron chi connectivity index (χ3n) is 4.33. The Morgan fingerprint density at radius 1 is 0.719 bits per heavy atom. The van der Waals surface area contributed by atoms with Crippen molar-refractivity contribution in [2.75, 3.05) is 12.4 Å². The highest BCUT2D eigenvalue weighted by Crippen LogP contribution is 2.22. The quantitative estimate of drug-likeness (QED) is 0.308. The number of ether oxygens (including phenoxy) is 1. The summed E-state index contributed by atoms with van der Waals surface area (Å²) in [7, 11) is 1.65. The third-order valence-corrected chi connectivity index (χ3v) is 5.69. The Hall–Kier alpha value is -3.69. The fourth-order valence-electron chi connectivity index (χ4n) is 2.66. The second-order valence-electron chi connectivity index (χ2n) is 6.41. The molecule has 6 nitrogen and oxygen atoms in total. The Bertz CT molecular complexity index is 1210. The van der Waals surface area contributed by atoms with Gasteiger partial charge in [-0.2, -0.15) is 27.1 Å². The van der Waals surface area contributed by atoms with Gasteiger partial charge in [-0.05, 0) is 69.0 Å². The number of thiophene rings is 2. The molecular formula is C23H18FN5OS2. The standard InChI is InChI=1S/C15H13N3OS.C8H5FN2S/c1-19-14-4-2-13(3-5-14)18-15-16-8-12(9-17-15)11-6-7-20-10-11;9-8-10-3-7(4-11-8)6-1-2-12-5-6/h2-10H,1H3,(H,16,17,18);1-5H. The van der Waals surface area contributed by atoms with Crippen LogP contribution in [-0.4, -0.2) is 27.0 Å². The molecule has 1 aromatic carbocycles. The van der Waals surface area contributed by atoms with Gasteiger partial charge in [0.15, 0.2) is 0 Å². The van der Waals surface area contributed by atoms with Crippen molar-refractivity contribution in [3.63, 3.8) is 0 Å². The SMILES string of the molecule is COc1ccc(Nc2ncc(-c3ccsc3)cn2)cc1.Fc1ncc(-c2ccsc2)cn1. The summed E-state index contributed by atoms with van der Waals surface area (Å²) in [6, 6.07) is 11.6. The van der Waals surface area contributed by atoms with Crippen LogP contribution >= 0.6 is 22.7 Å². The van der Waals surface area contributed by atoms with Gasteiger partial charge in [-0.1, -0.05) is 0 Å². The number of rotatable bonds is 5. The minimum Gasteiger partial charge on any atom is -0.497 e. The van der Waals surface area contributed by atoms with Crippen molar-refractivity contribution in [2.24, 2.45) is 0 Å². The molecule has 0 amide bonds. The number of hydrogen-bond acceptors (Lipinski definition) is 8. The maximum atomic E-state index is 12.3. The molecule has 0 aliphatic carbocycles. The fraction of sp³-hybridized carbons (Fsp3) is 0.0435. The first-order chi connectivity index (χ1) is 15.7. The van der Waals surface area contributed by atoms with E-state index in [4.69, 9.17) is 4.74 Å². The van der Waals surface area contributed by atoms with Crippen LogP contribution in [0.3, 0.4) is 0 Å². The Balaban J connectivity index is 0.000000174. The van der Waals surface area contributed by atoms with Crippen molar-refractivity contribution in [2.45, 2.75) is 0 Å². The summed E-state index contributed by atoms with van der Waals surface area (Å²) in [5.74, 6) is 1.40. The van der Waals surface area contributed by atoms with E-state index in [9.17, 15) is 4.39 Å². The predicted octanol–water partition coefficient (Wildman–Crippen LogP) is 6.30. The minimum atomic E-state index is -0.686. The van der Waals surface area contributed by atoms with Crippen LogP contribution in [0, 0.1) is 6.08 Å². The molecule has 0 fully saturated rings. The summed E-state index contributed by atoms with van der Waals surface area (Å²) in [6.07, 6.45) is 5.91. The summed E-state index contributed by atoms with van der Waals surface area (Å²) in [5.41, 5.74) is 4.96. The molecule has 9 heteroatoms. The Labute approximate surface area is 192 Å². The highest BCUT2D eigenvalue weighted by atomic mass is 32.1. The van der Waals surface area contributed by atoms with Crippen LogP contribution in [0.1, 0.15) is 0 Å². The Morgan fingerprint density at radius 3 is 1.72 bits per heavy atom. The van der Waals surface area contributed by atoms with Crippen LogP contribution in [0.25, 0.3) is 22.3 Å². The van der Waals surface area contributed by atoms with E-state index < -0.39 is 6.08 Å². The first-order valence-electron chi connectivity index (χ1n) is 9.47. The summed E-state index contributed by atoms with van der Waals surface area (Å²) in [4.78, 5) is 15.6. The number of anilines is 2. The van der Waals surface area contributed by atoms with Gasteiger partial charge in [0.05, 0.1) is 7.11 Å². The van der Waals surface area contributed by atoms with Crippen LogP contribution in [0.4, 0.5) is 16.0 Å². The number of nitrogens with zero attached hydrogens (tertiary/aromatic N) is 4. The monoisotopic (exact) mass is 463 g/mol. The molecule has 4 heterocycles. The van der Waals surface area contributed by atoms with Crippen molar-refractivity contribution in [3.05, 3.63) is 88.8 Å². The topological polar surface area (TPSA) is 72.8 Å². The fourth-order valence-corrected chi connectivity index (χ4v) is 3.99. The molecule has 160 valence electrons. The summed E-state index contributed by atoms with van der Waals surface area (Å²) < 4.78 is 17.4. The number of benzene rings is 1. The van der Waals surface area contributed by atoms with Crippen LogP contribution in [0.2, 0.25) is 0 Å². The average molecular weight is 464 g/mol. The van der Waals surface area contributed by atoms with Gasteiger partial charge in [-0.25, -0.2) is 19.9 Å². The Kier molecular flexibility index (Phi) is 7.11. The lowest BCUT2D eigenvalue weighted by Gasteiger charge is -2.06. The zero-order valence-corrected chi connectivity index (χ0v) is 18.6. The van der Waals surface area contributed by atoms with Gasteiger partial charge < -0.3 is 10.1 Å². The van der Waals surface area contributed by atoms with Gasteiger partial charge in [-0.3, -0.25) is 0 Å². The first-order valence-corrected chi connectivity index (χ1v) is 11.4. The van der Waals surface area contributed by atoms with Crippen LogP contribution in [-0.2, 0) is 0 Å². The van der Waals surface area contributed by atoms with Crippen molar-refractivity contribution < 1.29 is 9.13 Å². The molecule has 1 N–H and O–H groups in total. The van der Waals surface area contributed by atoms with Gasteiger partial charge >= 0.3 is 6.08 Å². The van der Waals surface area contributed by atoms with Crippen LogP contribution < -0.4 is 10.1 Å². The van der Waals surface area contributed by atoms with E-state index in [1.165, 1.54) is 12.4 Å². The number of methoxy groups -OCH3 is 1. The molecule has 32 heavy (non-hydrogen) atoms. The maximum Gasteiger partial charge on any atom is 0.308 e. The smallest absolute Gasteiger partial charge is 0.308 e. The molecule has 0 aliphatic rings. The normalized spacial score (nSPS) is 10.2. The molecule has 0 atom stereocenters. The summed E-state index contributed by atoms with van der Waals surface area (Å²) >= 11 is 3.25. The van der Waals surface area contributed by atoms with E-state index in [2.05, 4.69) is 36.7 Å². The summed E-state index contributed by atoms with van der Waals surface area (Å²) in [6.45, 7) is 0. The van der Waals surface area contributed by atoms with Gasteiger partial charge in [-0.15, -0.1) is 0 Å². The highest BCUT2D eigenvalue weighted by molar-refractivity contribution is 7.08. The zero-order chi connectivity index (χ0) is 22.2. The van der Waals surface area contributed by atoms with Gasteiger partial charge in [0.1, 0.15) is 5.75 Å². The molecule has 0 unspecified atom stereocenters. The van der Waals surface area contributed by atoms with Crippen LogP contribution in [0.5, 0.6) is 5.75 Å². The van der Waals surface area contributed by atoms with E-state index in [1.54, 1.807) is 29.8 Å². The molecule has 0 radical (unpaired) electrons. The average Bonchev–Trinajstić information content (AvgIpc) is 3.56. The third kappa shape index (κ3) is 5.71. The molecule has 0 saturated carbocycles. The molecule has 0 bridgehead atoms. The molecule has 0 spiro atoms. The van der Waals surface area contributed by atoms with Gasteiger partial charge in [0, 0.05) is 41.6 Å². The lowest BCUT2D eigenvalue weighted by atomic mass is 10.2. The van der Waals surface area contributed by atoms with E-state index in [1.807, 2.05) is 58.9 Å². The maximum absolute atomic E-state index is 12.3. The lowest BCUT2D eigenvalue weighted by Crippen LogP contribution is -1.96. The molecule has 0 saturated heterocycles. The Morgan fingerprint density at radius 2 is 1.25 bits per heavy atom. The lowest BCUT2D eigenvalue weighted by molar-refractivity contribution is 0.415. The first kappa shape index (κ1) is 21.5. The second-order valence-corrected chi connectivity index (χ2v) is 7.97. The van der Waals surface area contributed by atoms with Crippen molar-refractivity contribution in [1.82, 2.24) is 19.9 Å². The minimum absolute atomic E-state index is 0.578.